The van der Waals surface area contributed by atoms with Crippen molar-refractivity contribution in [1.82, 2.24) is 9.55 Å². The normalized spacial score (nSPS) is 13.5. The summed E-state index contributed by atoms with van der Waals surface area (Å²) >= 11 is 0. The van der Waals surface area contributed by atoms with Gasteiger partial charge in [-0.15, -0.1) is 0 Å². The molecular weight excluding hydrogens is 299 g/mol. The van der Waals surface area contributed by atoms with Crippen LogP contribution >= 0.6 is 7.60 Å². The van der Waals surface area contributed by atoms with Crippen molar-refractivity contribution < 1.29 is 14.4 Å². The topological polar surface area (TPSA) is 75.4 Å². The van der Waals surface area contributed by atoms with Crippen LogP contribution in [0.25, 0.3) is 0 Å². The molecule has 2 N–H and O–H groups in total. The summed E-state index contributed by atoms with van der Waals surface area (Å²) in [6.45, 7) is 4.00. The lowest BCUT2D eigenvalue weighted by atomic mass is 10.1. The Morgan fingerprint density at radius 1 is 1.09 bits per heavy atom. The van der Waals surface area contributed by atoms with E-state index in [-0.39, 0.29) is 0 Å². The first-order chi connectivity index (χ1) is 10.5. The van der Waals surface area contributed by atoms with Gasteiger partial charge >= 0.3 is 7.60 Å². The fraction of sp³-hybridized carbons (Fsp3) is 0.812. The molecular formula is C16H31N2O3P. The maximum Gasteiger partial charge on any atom is 0.348 e. The predicted octanol–water partition coefficient (Wildman–Crippen LogP) is 4.79. The Hall–Kier alpha value is -0.640. The van der Waals surface area contributed by atoms with Gasteiger partial charge in [-0.05, 0) is 13.3 Å². The molecule has 6 heteroatoms. The largest absolute Gasteiger partial charge is 0.348 e. The molecule has 0 aliphatic rings. The van der Waals surface area contributed by atoms with E-state index in [9.17, 15) is 14.4 Å². The van der Waals surface area contributed by atoms with E-state index in [1.165, 1.54) is 38.5 Å². The fourth-order valence-corrected chi connectivity index (χ4v) is 3.90. The summed E-state index contributed by atoms with van der Waals surface area (Å²) in [7, 11) is -4.14. The highest BCUT2D eigenvalue weighted by atomic mass is 31.2. The lowest BCUT2D eigenvalue weighted by Crippen LogP contribution is -2.10. The van der Waals surface area contributed by atoms with E-state index in [1.54, 1.807) is 23.9 Å². The van der Waals surface area contributed by atoms with Crippen molar-refractivity contribution in [3.8, 4) is 0 Å². The van der Waals surface area contributed by atoms with Gasteiger partial charge in [0.1, 0.15) is 11.6 Å². The zero-order valence-corrected chi connectivity index (χ0v) is 14.8. The second-order valence-corrected chi connectivity index (χ2v) is 7.84. The molecule has 0 fully saturated rings. The second-order valence-electron chi connectivity index (χ2n) is 6.07. The van der Waals surface area contributed by atoms with Crippen molar-refractivity contribution in [2.24, 2.45) is 0 Å². The summed E-state index contributed by atoms with van der Waals surface area (Å²) in [6.07, 6.45) is 14.6. The summed E-state index contributed by atoms with van der Waals surface area (Å²) in [5, 5.41) is 0. The Morgan fingerprint density at radius 2 is 1.64 bits per heavy atom. The lowest BCUT2D eigenvalue weighted by molar-refractivity contribution is 0.330. The van der Waals surface area contributed by atoms with Crippen LogP contribution in [0.1, 0.15) is 82.7 Å². The van der Waals surface area contributed by atoms with Gasteiger partial charge in [-0.3, -0.25) is 4.57 Å². The molecule has 0 saturated heterocycles. The van der Waals surface area contributed by atoms with Gasteiger partial charge in [0, 0.05) is 12.4 Å². The molecule has 0 bridgehead atoms. The number of aromatic nitrogens is 2. The summed E-state index contributed by atoms with van der Waals surface area (Å²) in [5.74, 6) is -0.108. The average Bonchev–Trinajstić information content (AvgIpc) is 2.85. The van der Waals surface area contributed by atoms with Crippen LogP contribution in [0.5, 0.6) is 0 Å². The zero-order valence-electron chi connectivity index (χ0n) is 13.9. The van der Waals surface area contributed by atoms with E-state index in [0.29, 0.717) is 12.2 Å². The molecule has 0 amide bonds. The van der Waals surface area contributed by atoms with E-state index in [2.05, 4.69) is 11.9 Å². The maximum absolute atomic E-state index is 11.7. The van der Waals surface area contributed by atoms with E-state index >= 15 is 0 Å². The SMILES string of the molecule is CCCCCCCCCCCC(n1ccnc1C)P(=O)(O)O. The van der Waals surface area contributed by atoms with Crippen LogP contribution in [-0.4, -0.2) is 19.3 Å². The Balaban J connectivity index is 2.26. The molecule has 1 aromatic rings. The minimum absolute atomic E-state index is 0.511. The van der Waals surface area contributed by atoms with Crippen molar-refractivity contribution in [2.75, 3.05) is 0 Å². The van der Waals surface area contributed by atoms with Crippen LogP contribution in [0.2, 0.25) is 0 Å². The highest BCUT2D eigenvalue weighted by molar-refractivity contribution is 7.51. The molecule has 128 valence electrons. The quantitative estimate of drug-likeness (QED) is 0.427. The minimum atomic E-state index is -4.14. The first kappa shape index (κ1) is 19.4. The van der Waals surface area contributed by atoms with Crippen molar-refractivity contribution in [1.29, 1.82) is 0 Å². The number of rotatable bonds is 12. The van der Waals surface area contributed by atoms with Gasteiger partial charge in [-0.1, -0.05) is 64.7 Å². The van der Waals surface area contributed by atoms with Crippen LogP contribution < -0.4 is 0 Å². The summed E-state index contributed by atoms with van der Waals surface area (Å²) in [5.41, 5.74) is 0. The molecule has 0 spiro atoms. The highest BCUT2D eigenvalue weighted by Crippen LogP contribution is 2.51. The second kappa shape index (κ2) is 10.2. The van der Waals surface area contributed by atoms with Crippen LogP contribution in [-0.2, 0) is 4.57 Å². The molecule has 0 aromatic carbocycles. The van der Waals surface area contributed by atoms with E-state index in [0.717, 1.165) is 19.3 Å². The fourth-order valence-electron chi connectivity index (χ4n) is 2.81. The van der Waals surface area contributed by atoms with Gasteiger partial charge in [0.25, 0.3) is 0 Å². The molecule has 1 rings (SSSR count). The van der Waals surface area contributed by atoms with Crippen molar-refractivity contribution in [3.63, 3.8) is 0 Å². The van der Waals surface area contributed by atoms with Crippen LogP contribution in [0.15, 0.2) is 12.4 Å². The zero-order chi connectivity index (χ0) is 16.4. The summed E-state index contributed by atoms with van der Waals surface area (Å²) < 4.78 is 13.3. The molecule has 22 heavy (non-hydrogen) atoms. The third kappa shape index (κ3) is 7.08. The van der Waals surface area contributed by atoms with Crippen LogP contribution in [0, 0.1) is 6.92 Å². The molecule has 1 unspecified atom stereocenters. The van der Waals surface area contributed by atoms with E-state index < -0.39 is 13.4 Å². The van der Waals surface area contributed by atoms with Crippen LogP contribution in [0.4, 0.5) is 0 Å². The van der Waals surface area contributed by atoms with Crippen LogP contribution in [0.3, 0.4) is 0 Å². The predicted molar refractivity (Wildman–Crippen MR) is 89.9 cm³/mol. The standard InChI is InChI=1S/C16H31N2O3P/c1-3-4-5-6-7-8-9-10-11-12-16(22(19,20)21)18-14-13-17-15(18)2/h13-14,16H,3-12H2,1-2H3,(H2,19,20,21). The molecule has 1 aromatic heterocycles. The van der Waals surface area contributed by atoms with Gasteiger partial charge in [0.05, 0.1) is 0 Å². The van der Waals surface area contributed by atoms with Gasteiger partial charge in [-0.25, -0.2) is 4.98 Å². The Kier molecular flexibility index (Phi) is 8.99. The van der Waals surface area contributed by atoms with E-state index in [4.69, 9.17) is 0 Å². The van der Waals surface area contributed by atoms with Gasteiger partial charge in [-0.2, -0.15) is 0 Å². The Labute approximate surface area is 134 Å². The third-order valence-corrected chi connectivity index (χ3v) is 5.42. The van der Waals surface area contributed by atoms with Gasteiger partial charge < -0.3 is 14.4 Å². The minimum Gasteiger partial charge on any atom is -0.323 e. The van der Waals surface area contributed by atoms with E-state index in [1.807, 2.05) is 0 Å². The highest BCUT2D eigenvalue weighted by Gasteiger charge is 2.30. The smallest absolute Gasteiger partial charge is 0.323 e. The number of imidazole rings is 1. The first-order valence-corrected chi connectivity index (χ1v) is 10.2. The lowest BCUT2D eigenvalue weighted by Gasteiger charge is -2.21. The maximum atomic E-state index is 11.7. The first-order valence-electron chi connectivity index (χ1n) is 8.51. The molecule has 5 nitrogen and oxygen atoms in total. The summed E-state index contributed by atoms with van der Waals surface area (Å²) in [6, 6.07) is 0. The number of nitrogens with zero attached hydrogens (tertiary/aromatic N) is 2. The van der Waals surface area contributed by atoms with Gasteiger partial charge in [0.2, 0.25) is 0 Å². The summed E-state index contributed by atoms with van der Waals surface area (Å²) in [4.78, 5) is 23.2. The molecule has 0 aliphatic carbocycles. The average molecular weight is 330 g/mol. The van der Waals surface area contributed by atoms with Crippen molar-refractivity contribution in [2.45, 2.75) is 83.8 Å². The molecule has 1 atom stereocenters. The molecule has 0 radical (unpaired) electrons. The van der Waals surface area contributed by atoms with Crippen molar-refractivity contribution in [3.05, 3.63) is 18.2 Å². The molecule has 0 aliphatic heterocycles. The number of unbranched alkanes of at least 4 members (excludes halogenated alkanes) is 8. The third-order valence-electron chi connectivity index (χ3n) is 4.14. The molecule has 0 saturated carbocycles. The Bertz CT molecular complexity index is 456. The number of hydrogen-bond acceptors (Lipinski definition) is 2. The monoisotopic (exact) mass is 330 g/mol. The number of aryl methyl sites for hydroxylation is 1. The Morgan fingerprint density at radius 3 is 2.09 bits per heavy atom. The van der Waals surface area contributed by atoms with Gasteiger partial charge in [0.15, 0.2) is 0 Å². The molecule has 1 heterocycles. The van der Waals surface area contributed by atoms with Crippen molar-refractivity contribution >= 4 is 7.60 Å². The number of hydrogen-bond donors (Lipinski definition) is 2.